The number of amides is 1. The molecule has 5 nitrogen and oxygen atoms in total. The largest absolute Gasteiger partial charge is 0.343 e. The van der Waals surface area contributed by atoms with Gasteiger partial charge in [-0.2, -0.15) is 0 Å². The van der Waals surface area contributed by atoms with Crippen molar-refractivity contribution in [3.05, 3.63) is 44.3 Å². The van der Waals surface area contributed by atoms with Gasteiger partial charge in [-0.05, 0) is 35.9 Å². The second kappa shape index (κ2) is 8.24. The van der Waals surface area contributed by atoms with Crippen LogP contribution >= 0.6 is 22.7 Å². The van der Waals surface area contributed by atoms with Gasteiger partial charge in [0.1, 0.15) is 0 Å². The lowest BCUT2D eigenvalue weighted by Gasteiger charge is -2.20. The van der Waals surface area contributed by atoms with Crippen molar-refractivity contribution < 1.29 is 13.2 Å². The number of thiophene rings is 2. The molecule has 0 fully saturated rings. The Kier molecular flexibility index (Phi) is 6.56. The molecule has 0 spiro atoms. The van der Waals surface area contributed by atoms with E-state index in [2.05, 4.69) is 23.9 Å². The van der Waals surface area contributed by atoms with Crippen molar-refractivity contribution in [1.82, 2.24) is 10.0 Å². The van der Waals surface area contributed by atoms with Crippen molar-refractivity contribution in [2.24, 2.45) is 5.92 Å². The van der Waals surface area contributed by atoms with Crippen molar-refractivity contribution in [2.75, 3.05) is 12.8 Å². The Hall–Kier alpha value is -1.22. The number of hydrogen-bond acceptors (Lipinski definition) is 5. The highest BCUT2D eigenvalue weighted by molar-refractivity contribution is 7.88. The summed E-state index contributed by atoms with van der Waals surface area (Å²) in [6.45, 7) is 4.51. The van der Waals surface area contributed by atoms with E-state index in [0.29, 0.717) is 23.8 Å². The topological polar surface area (TPSA) is 75.3 Å². The maximum absolute atomic E-state index is 12.5. The van der Waals surface area contributed by atoms with Gasteiger partial charge < -0.3 is 5.32 Å². The molecule has 2 aromatic rings. The molecule has 1 atom stereocenters. The Morgan fingerprint density at radius 3 is 2.58 bits per heavy atom. The Morgan fingerprint density at radius 2 is 2.00 bits per heavy atom. The SMILES string of the molecule is CC(C)[C@@H](NC(=O)c1ccc(CCNS(C)(=O)=O)s1)c1cccs1. The van der Waals surface area contributed by atoms with Gasteiger partial charge in [-0.3, -0.25) is 4.79 Å². The standard InChI is InChI=1S/C16H22N2O3S3/c1-11(2)15(13-5-4-10-22-13)18-16(19)14-7-6-12(23-14)8-9-17-24(3,20)21/h4-7,10-11,15,17H,8-9H2,1-3H3,(H,18,19)/t15-/m1/s1. The maximum atomic E-state index is 12.5. The highest BCUT2D eigenvalue weighted by Crippen LogP contribution is 2.27. The molecule has 2 N–H and O–H groups in total. The molecule has 0 aliphatic rings. The van der Waals surface area contributed by atoms with Crippen LogP contribution in [0.2, 0.25) is 0 Å². The lowest BCUT2D eigenvalue weighted by atomic mass is 10.0. The molecule has 0 unspecified atom stereocenters. The van der Waals surface area contributed by atoms with Crippen LogP contribution in [0.1, 0.15) is 39.3 Å². The first-order valence-corrected chi connectivity index (χ1v) is 11.2. The summed E-state index contributed by atoms with van der Waals surface area (Å²) in [5.41, 5.74) is 0. The molecule has 0 aliphatic carbocycles. The molecule has 2 heterocycles. The van der Waals surface area contributed by atoms with E-state index in [-0.39, 0.29) is 11.9 Å². The molecule has 8 heteroatoms. The molecule has 0 saturated heterocycles. The summed E-state index contributed by atoms with van der Waals surface area (Å²) in [6, 6.07) is 7.68. The first kappa shape index (κ1) is 19.1. The molecular formula is C16H22N2O3S3. The molecule has 2 aromatic heterocycles. The monoisotopic (exact) mass is 386 g/mol. The number of carbonyl (C=O) groups is 1. The molecule has 24 heavy (non-hydrogen) atoms. The fraction of sp³-hybridized carbons (Fsp3) is 0.438. The van der Waals surface area contributed by atoms with E-state index in [4.69, 9.17) is 0 Å². The Morgan fingerprint density at radius 1 is 1.25 bits per heavy atom. The van der Waals surface area contributed by atoms with Crippen LogP contribution in [0.15, 0.2) is 29.6 Å². The predicted octanol–water partition coefficient (Wildman–Crippen LogP) is 3.03. The number of sulfonamides is 1. The number of carbonyl (C=O) groups excluding carboxylic acids is 1. The van der Waals surface area contributed by atoms with Gasteiger partial charge in [-0.25, -0.2) is 13.1 Å². The second-order valence-corrected chi connectivity index (χ2v) is 9.87. The summed E-state index contributed by atoms with van der Waals surface area (Å²) in [5.74, 6) is 0.209. The average Bonchev–Trinajstić information content (AvgIpc) is 3.14. The Labute approximate surface area is 151 Å². The van der Waals surface area contributed by atoms with Gasteiger partial charge in [0.2, 0.25) is 10.0 Å². The van der Waals surface area contributed by atoms with Crippen LogP contribution in [0.25, 0.3) is 0 Å². The summed E-state index contributed by atoms with van der Waals surface area (Å²) < 4.78 is 24.6. The fourth-order valence-electron chi connectivity index (χ4n) is 2.24. The summed E-state index contributed by atoms with van der Waals surface area (Å²) >= 11 is 3.04. The zero-order valence-electron chi connectivity index (χ0n) is 13.9. The first-order valence-electron chi connectivity index (χ1n) is 7.64. The summed E-state index contributed by atoms with van der Waals surface area (Å²) in [4.78, 5) is 15.3. The molecule has 0 saturated carbocycles. The zero-order valence-corrected chi connectivity index (χ0v) is 16.4. The predicted molar refractivity (Wildman–Crippen MR) is 100 cm³/mol. The quantitative estimate of drug-likeness (QED) is 0.732. The normalized spacial score (nSPS) is 13.2. The van der Waals surface area contributed by atoms with E-state index < -0.39 is 10.0 Å². The van der Waals surface area contributed by atoms with E-state index >= 15 is 0 Å². The number of hydrogen-bond donors (Lipinski definition) is 2. The van der Waals surface area contributed by atoms with Crippen molar-refractivity contribution in [2.45, 2.75) is 26.3 Å². The molecule has 2 rings (SSSR count). The van der Waals surface area contributed by atoms with Crippen LogP contribution in [0.5, 0.6) is 0 Å². The lowest BCUT2D eigenvalue weighted by Crippen LogP contribution is -2.30. The van der Waals surface area contributed by atoms with E-state index in [9.17, 15) is 13.2 Å². The second-order valence-electron chi connectivity index (χ2n) is 5.89. The summed E-state index contributed by atoms with van der Waals surface area (Å²) in [5, 5.41) is 5.11. The van der Waals surface area contributed by atoms with Crippen LogP contribution in [0, 0.1) is 5.92 Å². The zero-order chi connectivity index (χ0) is 17.7. The van der Waals surface area contributed by atoms with Crippen molar-refractivity contribution in [3.63, 3.8) is 0 Å². The Bertz CT molecular complexity index is 764. The third-order valence-corrected chi connectivity index (χ3v) is 6.25. The highest BCUT2D eigenvalue weighted by atomic mass is 32.2. The maximum Gasteiger partial charge on any atom is 0.261 e. The van der Waals surface area contributed by atoms with Gasteiger partial charge in [0.15, 0.2) is 0 Å². The van der Waals surface area contributed by atoms with Crippen LogP contribution in [0.3, 0.4) is 0 Å². The minimum absolute atomic E-state index is 0.00467. The lowest BCUT2D eigenvalue weighted by molar-refractivity contribution is 0.0930. The average molecular weight is 387 g/mol. The molecule has 0 aliphatic heterocycles. The minimum Gasteiger partial charge on any atom is -0.343 e. The number of nitrogens with one attached hydrogen (secondary N) is 2. The van der Waals surface area contributed by atoms with Crippen LogP contribution in [-0.2, 0) is 16.4 Å². The van der Waals surface area contributed by atoms with E-state index in [1.165, 1.54) is 11.3 Å². The van der Waals surface area contributed by atoms with Gasteiger partial charge in [-0.15, -0.1) is 22.7 Å². The van der Waals surface area contributed by atoms with Crippen molar-refractivity contribution >= 4 is 38.6 Å². The number of rotatable bonds is 8. The fourth-order valence-corrected chi connectivity index (χ4v) is 4.57. The first-order chi connectivity index (χ1) is 11.3. The van der Waals surface area contributed by atoms with Gasteiger partial charge >= 0.3 is 0 Å². The van der Waals surface area contributed by atoms with Gasteiger partial charge in [0.05, 0.1) is 17.2 Å². The molecule has 0 radical (unpaired) electrons. The van der Waals surface area contributed by atoms with Gasteiger partial charge in [0.25, 0.3) is 5.91 Å². The molecular weight excluding hydrogens is 364 g/mol. The summed E-state index contributed by atoms with van der Waals surface area (Å²) in [6.07, 6.45) is 1.71. The third-order valence-electron chi connectivity index (χ3n) is 3.42. The molecule has 1 amide bonds. The van der Waals surface area contributed by atoms with Gasteiger partial charge in [-0.1, -0.05) is 19.9 Å². The highest BCUT2D eigenvalue weighted by Gasteiger charge is 2.20. The molecule has 132 valence electrons. The van der Waals surface area contributed by atoms with Crippen LogP contribution < -0.4 is 10.0 Å². The van der Waals surface area contributed by atoms with E-state index in [1.54, 1.807) is 17.4 Å². The van der Waals surface area contributed by atoms with Crippen LogP contribution in [-0.4, -0.2) is 27.1 Å². The van der Waals surface area contributed by atoms with Gasteiger partial charge in [0, 0.05) is 16.3 Å². The van der Waals surface area contributed by atoms with E-state index in [1.807, 2.05) is 23.6 Å². The van der Waals surface area contributed by atoms with Crippen LogP contribution in [0.4, 0.5) is 0 Å². The smallest absolute Gasteiger partial charge is 0.261 e. The van der Waals surface area contributed by atoms with Crippen molar-refractivity contribution in [3.8, 4) is 0 Å². The van der Waals surface area contributed by atoms with Crippen molar-refractivity contribution in [1.29, 1.82) is 0 Å². The van der Waals surface area contributed by atoms with E-state index in [0.717, 1.165) is 16.0 Å². The summed E-state index contributed by atoms with van der Waals surface area (Å²) in [7, 11) is -3.18. The molecule has 0 aromatic carbocycles. The third kappa shape index (κ3) is 5.70. The Balaban J connectivity index is 1.97. The molecule has 0 bridgehead atoms. The minimum atomic E-state index is -3.18.